The molecule has 0 spiro atoms. The van der Waals surface area contributed by atoms with Crippen molar-refractivity contribution in [2.45, 2.75) is 110 Å². The standard InChI is InChI=1S/C31H44O5.CH4/c1-21-13-14-34-26(16-21)9-5-11-28-19-24-20-29(24)30(32)18-23(3)15-22(2)17-27-10-4-7-25(35-27)8-6-12-31(33)36-28;/h4-7,9,12-13,22,24-30,32H,3,8,10-11,14-20H2,1-2H3;1H4/b9-5+,12-6-;/t22-,24+,25-,26+,27-,28+,29+,30-;/m0./s1. The molecule has 0 unspecified atom stereocenters. The van der Waals surface area contributed by atoms with E-state index in [1.165, 1.54) is 5.57 Å². The molecule has 206 valence electrons. The molecule has 1 N–H and O–H groups in total. The molecule has 5 nitrogen and oxygen atoms in total. The van der Waals surface area contributed by atoms with Crippen LogP contribution in [0, 0.1) is 17.8 Å². The zero-order chi connectivity index (χ0) is 25.5. The summed E-state index contributed by atoms with van der Waals surface area (Å²) in [6.45, 7) is 9.30. The molecule has 0 amide bonds. The molecular formula is C32H48O5. The van der Waals surface area contributed by atoms with Crippen LogP contribution in [-0.4, -0.2) is 48.2 Å². The minimum atomic E-state index is -0.371. The van der Waals surface area contributed by atoms with E-state index in [0.29, 0.717) is 37.7 Å². The highest BCUT2D eigenvalue weighted by molar-refractivity contribution is 5.82. The molecule has 8 atom stereocenters. The predicted molar refractivity (Wildman–Crippen MR) is 149 cm³/mol. The molecule has 0 saturated heterocycles. The zero-order valence-corrected chi connectivity index (χ0v) is 22.0. The fourth-order valence-electron chi connectivity index (χ4n) is 5.90. The van der Waals surface area contributed by atoms with Crippen LogP contribution < -0.4 is 0 Å². The van der Waals surface area contributed by atoms with Gasteiger partial charge < -0.3 is 19.3 Å². The number of ether oxygens (including phenoxy) is 3. The Morgan fingerprint density at radius 3 is 2.78 bits per heavy atom. The number of rotatable bonds is 3. The lowest BCUT2D eigenvalue weighted by molar-refractivity contribution is -0.143. The molecule has 5 heteroatoms. The van der Waals surface area contributed by atoms with Crippen molar-refractivity contribution in [3.63, 3.8) is 0 Å². The Morgan fingerprint density at radius 2 is 1.97 bits per heavy atom. The number of hydrogen-bond donors (Lipinski definition) is 1. The Hall–Kier alpha value is -1.95. The SMILES string of the molecule is C.C=C1C[C@H](C)C[C@@H]2CC=C[C@@H](C/C=C\C(=O)O[C@H](C/C=C/[C@@H]3CC(C)=CCO3)C[C@@H]3C[C@H]3[C@@H](O)C1)O2. The summed E-state index contributed by atoms with van der Waals surface area (Å²) >= 11 is 0. The Kier molecular flexibility index (Phi) is 11.4. The van der Waals surface area contributed by atoms with Crippen LogP contribution in [0.3, 0.4) is 0 Å². The van der Waals surface area contributed by atoms with Crippen molar-refractivity contribution in [3.8, 4) is 0 Å². The van der Waals surface area contributed by atoms with Crippen LogP contribution in [0.1, 0.15) is 79.1 Å². The predicted octanol–water partition coefficient (Wildman–Crippen LogP) is 6.64. The Morgan fingerprint density at radius 1 is 1.14 bits per heavy atom. The number of aliphatic hydroxyl groups excluding tert-OH is 1. The van der Waals surface area contributed by atoms with Crippen molar-refractivity contribution in [1.82, 2.24) is 0 Å². The van der Waals surface area contributed by atoms with Crippen molar-refractivity contribution in [2.24, 2.45) is 17.8 Å². The summed E-state index contributed by atoms with van der Waals surface area (Å²) in [7, 11) is 0. The largest absolute Gasteiger partial charge is 0.459 e. The van der Waals surface area contributed by atoms with E-state index in [4.69, 9.17) is 14.2 Å². The van der Waals surface area contributed by atoms with Gasteiger partial charge in [-0.2, -0.15) is 0 Å². The summed E-state index contributed by atoms with van der Waals surface area (Å²) < 4.78 is 17.9. The monoisotopic (exact) mass is 512 g/mol. The second-order valence-electron chi connectivity index (χ2n) is 11.4. The average molecular weight is 513 g/mol. The number of aliphatic hydroxyl groups is 1. The van der Waals surface area contributed by atoms with Crippen LogP contribution in [-0.2, 0) is 19.0 Å². The molecule has 2 bridgehead atoms. The lowest BCUT2D eigenvalue weighted by Crippen LogP contribution is -2.26. The average Bonchev–Trinajstić information content (AvgIpc) is 3.58. The van der Waals surface area contributed by atoms with Crippen LogP contribution in [0.25, 0.3) is 0 Å². The van der Waals surface area contributed by atoms with Crippen molar-refractivity contribution >= 4 is 5.97 Å². The first-order chi connectivity index (χ1) is 17.4. The molecule has 1 aliphatic carbocycles. The van der Waals surface area contributed by atoms with Gasteiger partial charge in [0.15, 0.2) is 0 Å². The highest BCUT2D eigenvalue weighted by atomic mass is 16.5. The normalized spacial score (nSPS) is 38.4. The summed E-state index contributed by atoms with van der Waals surface area (Å²) in [5, 5.41) is 10.9. The first-order valence-electron chi connectivity index (χ1n) is 13.8. The Labute approximate surface area is 224 Å². The van der Waals surface area contributed by atoms with Gasteiger partial charge in [-0.3, -0.25) is 0 Å². The molecule has 37 heavy (non-hydrogen) atoms. The quantitative estimate of drug-likeness (QED) is 0.339. The lowest BCUT2D eigenvalue weighted by Gasteiger charge is -2.28. The minimum Gasteiger partial charge on any atom is -0.459 e. The molecule has 0 aromatic rings. The van der Waals surface area contributed by atoms with Crippen molar-refractivity contribution in [3.05, 3.63) is 60.3 Å². The van der Waals surface area contributed by atoms with Gasteiger partial charge in [0.2, 0.25) is 0 Å². The van der Waals surface area contributed by atoms with Crippen LogP contribution in [0.5, 0.6) is 0 Å². The van der Waals surface area contributed by atoms with Gasteiger partial charge >= 0.3 is 5.97 Å². The number of hydrogen-bond acceptors (Lipinski definition) is 5. The second-order valence-corrected chi connectivity index (χ2v) is 11.4. The number of carbonyl (C=O) groups is 1. The number of cyclic esters (lactones) is 1. The smallest absolute Gasteiger partial charge is 0.330 e. The van der Waals surface area contributed by atoms with E-state index in [1.54, 1.807) is 6.08 Å². The molecule has 1 saturated carbocycles. The third-order valence-corrected chi connectivity index (χ3v) is 7.87. The minimum absolute atomic E-state index is 0. The maximum atomic E-state index is 12.7. The third kappa shape index (κ3) is 9.70. The fourth-order valence-corrected chi connectivity index (χ4v) is 5.90. The number of fused-ring (bicyclic) bond motifs is 3. The number of esters is 1. The van der Waals surface area contributed by atoms with Gasteiger partial charge in [-0.25, -0.2) is 4.79 Å². The van der Waals surface area contributed by atoms with Gasteiger partial charge in [-0.1, -0.05) is 68.5 Å². The highest BCUT2D eigenvalue weighted by Crippen LogP contribution is 2.47. The molecule has 1 fully saturated rings. The maximum Gasteiger partial charge on any atom is 0.330 e. The van der Waals surface area contributed by atoms with Gasteiger partial charge in [-0.15, -0.1) is 0 Å². The topological polar surface area (TPSA) is 65.0 Å². The van der Waals surface area contributed by atoms with Gasteiger partial charge in [0, 0.05) is 12.5 Å². The van der Waals surface area contributed by atoms with Crippen molar-refractivity contribution in [2.75, 3.05) is 6.61 Å². The highest BCUT2D eigenvalue weighted by Gasteiger charge is 2.43. The van der Waals surface area contributed by atoms with Crippen molar-refractivity contribution < 1.29 is 24.1 Å². The van der Waals surface area contributed by atoms with Crippen molar-refractivity contribution in [1.29, 1.82) is 0 Å². The van der Waals surface area contributed by atoms with E-state index in [1.807, 2.05) is 6.08 Å². The first kappa shape index (κ1) is 29.6. The van der Waals surface area contributed by atoms with Gasteiger partial charge in [0.1, 0.15) is 6.10 Å². The van der Waals surface area contributed by atoms with E-state index < -0.39 is 0 Å². The van der Waals surface area contributed by atoms with E-state index in [-0.39, 0.29) is 49.8 Å². The van der Waals surface area contributed by atoms with E-state index in [9.17, 15) is 9.90 Å². The third-order valence-electron chi connectivity index (χ3n) is 7.87. The summed E-state index contributed by atoms with van der Waals surface area (Å²) in [5.41, 5.74) is 2.47. The molecule has 3 aliphatic heterocycles. The molecule has 4 aliphatic rings. The molecular weight excluding hydrogens is 464 g/mol. The first-order valence-corrected chi connectivity index (χ1v) is 13.8. The van der Waals surface area contributed by atoms with Crippen LogP contribution in [0.15, 0.2) is 60.3 Å². The van der Waals surface area contributed by atoms with Crippen LogP contribution in [0.4, 0.5) is 0 Å². The summed E-state index contributed by atoms with van der Waals surface area (Å²) in [6, 6.07) is 0. The summed E-state index contributed by atoms with van der Waals surface area (Å²) in [4.78, 5) is 12.7. The molecule has 0 radical (unpaired) electrons. The molecule has 3 heterocycles. The Balaban J connectivity index is 0.00000380. The number of carbonyl (C=O) groups excluding carboxylic acids is 1. The van der Waals surface area contributed by atoms with E-state index in [2.05, 4.69) is 50.8 Å². The van der Waals surface area contributed by atoms with E-state index >= 15 is 0 Å². The van der Waals surface area contributed by atoms with E-state index in [0.717, 1.165) is 44.1 Å². The molecule has 0 aromatic carbocycles. The zero-order valence-electron chi connectivity index (χ0n) is 22.0. The second kappa shape index (κ2) is 14.3. The van der Waals surface area contributed by atoms with Crippen LogP contribution >= 0.6 is 0 Å². The van der Waals surface area contributed by atoms with Crippen LogP contribution in [0.2, 0.25) is 0 Å². The summed E-state index contributed by atoms with van der Waals surface area (Å²) in [5.74, 6) is 0.801. The lowest BCUT2D eigenvalue weighted by atomic mass is 9.91. The fraction of sp³-hybridized carbons (Fsp3) is 0.656. The van der Waals surface area contributed by atoms with Gasteiger partial charge in [-0.05, 0) is 76.0 Å². The molecule has 4 rings (SSSR count). The molecule has 0 aromatic heterocycles. The van der Waals surface area contributed by atoms with Gasteiger partial charge in [0.05, 0.1) is 31.0 Å². The maximum absolute atomic E-state index is 12.7. The Bertz CT molecular complexity index is 884. The van der Waals surface area contributed by atoms with Gasteiger partial charge in [0.25, 0.3) is 0 Å². The summed E-state index contributed by atoms with van der Waals surface area (Å²) in [6.07, 6.45) is 21.1.